The van der Waals surface area contributed by atoms with Crippen molar-refractivity contribution in [3.63, 3.8) is 0 Å². The van der Waals surface area contributed by atoms with Crippen LogP contribution in [0.5, 0.6) is 0 Å². The van der Waals surface area contributed by atoms with Gasteiger partial charge in [-0.2, -0.15) is 0 Å². The van der Waals surface area contributed by atoms with Crippen LogP contribution in [0.15, 0.2) is 0 Å². The maximum atomic E-state index is 12.1. The van der Waals surface area contributed by atoms with E-state index in [0.717, 1.165) is 12.8 Å². The van der Waals surface area contributed by atoms with E-state index in [4.69, 9.17) is 4.74 Å². The van der Waals surface area contributed by atoms with E-state index in [1.165, 1.54) is 12.8 Å². The Bertz CT molecular complexity index is 362. The number of alkyl carbamates (subject to hydrolysis) is 1. The second kappa shape index (κ2) is 8.01. The van der Waals surface area contributed by atoms with Crippen molar-refractivity contribution in [3.8, 4) is 0 Å². The first-order valence-electron chi connectivity index (χ1n) is 7.58. The van der Waals surface area contributed by atoms with Crippen molar-refractivity contribution in [2.24, 2.45) is 0 Å². The topological polar surface area (TPSA) is 58.6 Å². The summed E-state index contributed by atoms with van der Waals surface area (Å²) in [7, 11) is 0. The largest absolute Gasteiger partial charge is 0.444 e. The van der Waals surface area contributed by atoms with E-state index in [0.29, 0.717) is 17.9 Å². The van der Waals surface area contributed by atoms with Gasteiger partial charge in [0.1, 0.15) is 5.60 Å². The monoisotopic (exact) mass is 362 g/mol. The summed E-state index contributed by atoms with van der Waals surface area (Å²) in [6.07, 6.45) is 4.00. The highest BCUT2D eigenvalue weighted by molar-refractivity contribution is 9.09. The van der Waals surface area contributed by atoms with E-state index < -0.39 is 11.7 Å². The third-order valence-electron chi connectivity index (χ3n) is 3.54. The number of halogens is 1. The zero-order chi connectivity index (χ0) is 16.0. The molecule has 0 bridgehead atoms. The van der Waals surface area contributed by atoms with Gasteiger partial charge < -0.3 is 15.0 Å². The number of rotatable bonds is 5. The molecule has 0 spiro atoms. The number of carbonyl (C=O) groups is 2. The van der Waals surface area contributed by atoms with E-state index in [1.807, 2.05) is 32.6 Å². The number of nitrogens with one attached hydrogen (secondary N) is 1. The van der Waals surface area contributed by atoms with E-state index in [2.05, 4.69) is 21.2 Å². The van der Waals surface area contributed by atoms with Crippen molar-refractivity contribution in [3.05, 3.63) is 0 Å². The molecule has 1 fully saturated rings. The molecule has 0 radical (unpaired) electrons. The summed E-state index contributed by atoms with van der Waals surface area (Å²) in [5.74, 6) is 0.0837. The molecular formula is C15H27BrN2O3. The molecule has 0 unspecified atom stereocenters. The molecule has 122 valence electrons. The Morgan fingerprint density at radius 2 is 1.90 bits per heavy atom. The van der Waals surface area contributed by atoms with Gasteiger partial charge in [-0.25, -0.2) is 4.79 Å². The maximum absolute atomic E-state index is 12.1. The minimum atomic E-state index is -0.510. The van der Waals surface area contributed by atoms with Gasteiger partial charge in [-0.3, -0.25) is 4.79 Å². The molecule has 1 N–H and O–H groups in total. The predicted octanol–water partition coefficient (Wildman–Crippen LogP) is 3.07. The van der Waals surface area contributed by atoms with Gasteiger partial charge >= 0.3 is 6.09 Å². The van der Waals surface area contributed by atoms with Crippen LogP contribution in [0.1, 0.15) is 53.4 Å². The fraction of sp³-hybridized carbons (Fsp3) is 0.867. The first-order valence-corrected chi connectivity index (χ1v) is 8.70. The standard InChI is InChI=1S/C15H27BrN2O3/c1-11(10-17-14(20)21-15(2,3)4)18(13(19)9-16)12-7-5-6-8-12/h11-12H,5-10H2,1-4H3,(H,17,20)/t11-/m1/s1. The van der Waals surface area contributed by atoms with E-state index in [1.54, 1.807) is 0 Å². The first-order chi connectivity index (χ1) is 9.74. The van der Waals surface area contributed by atoms with Gasteiger partial charge in [0.25, 0.3) is 0 Å². The molecule has 0 aliphatic heterocycles. The lowest BCUT2D eigenvalue weighted by Gasteiger charge is -2.34. The van der Waals surface area contributed by atoms with Gasteiger partial charge in [-0.15, -0.1) is 0 Å². The number of hydrogen-bond acceptors (Lipinski definition) is 3. The van der Waals surface area contributed by atoms with Crippen molar-refractivity contribution in [1.29, 1.82) is 0 Å². The fourth-order valence-electron chi connectivity index (χ4n) is 2.70. The minimum absolute atomic E-state index is 0.0364. The van der Waals surface area contributed by atoms with Gasteiger partial charge in [0.15, 0.2) is 0 Å². The maximum Gasteiger partial charge on any atom is 0.407 e. The van der Waals surface area contributed by atoms with Crippen LogP contribution in [0.3, 0.4) is 0 Å². The van der Waals surface area contributed by atoms with Crippen molar-refractivity contribution in [1.82, 2.24) is 10.2 Å². The zero-order valence-corrected chi connectivity index (χ0v) is 15.0. The minimum Gasteiger partial charge on any atom is -0.444 e. The van der Waals surface area contributed by atoms with Crippen LogP contribution >= 0.6 is 15.9 Å². The number of amides is 2. The van der Waals surface area contributed by atoms with Crippen LogP contribution in [0, 0.1) is 0 Å². The number of alkyl halides is 1. The highest BCUT2D eigenvalue weighted by atomic mass is 79.9. The van der Waals surface area contributed by atoms with Crippen molar-refractivity contribution in [2.45, 2.75) is 71.1 Å². The predicted molar refractivity (Wildman–Crippen MR) is 86.6 cm³/mol. The Hall–Kier alpha value is -0.780. The average Bonchev–Trinajstić information content (AvgIpc) is 2.88. The van der Waals surface area contributed by atoms with Gasteiger partial charge in [0.2, 0.25) is 5.91 Å². The van der Waals surface area contributed by atoms with E-state index in [9.17, 15) is 9.59 Å². The summed E-state index contributed by atoms with van der Waals surface area (Å²) in [6.45, 7) is 7.86. The summed E-state index contributed by atoms with van der Waals surface area (Å²) >= 11 is 3.25. The van der Waals surface area contributed by atoms with Crippen LogP contribution < -0.4 is 5.32 Å². The Labute approximate surface area is 135 Å². The molecule has 1 atom stereocenters. The molecule has 1 aliphatic rings. The number of nitrogens with zero attached hydrogens (tertiary/aromatic N) is 1. The Balaban J connectivity index is 2.54. The molecule has 0 aromatic rings. The number of hydrogen-bond donors (Lipinski definition) is 1. The second-order valence-corrected chi connectivity index (χ2v) is 7.17. The van der Waals surface area contributed by atoms with Crippen LogP contribution in [-0.4, -0.2) is 46.5 Å². The van der Waals surface area contributed by atoms with E-state index >= 15 is 0 Å². The third kappa shape index (κ3) is 6.24. The molecule has 1 saturated carbocycles. The molecule has 21 heavy (non-hydrogen) atoms. The summed E-state index contributed by atoms with van der Waals surface area (Å²) in [6, 6.07) is 0.260. The second-order valence-electron chi connectivity index (χ2n) is 6.60. The molecule has 2 amide bonds. The molecule has 5 nitrogen and oxygen atoms in total. The van der Waals surface area contributed by atoms with Crippen LogP contribution in [0.2, 0.25) is 0 Å². The highest BCUT2D eigenvalue weighted by Crippen LogP contribution is 2.25. The van der Waals surface area contributed by atoms with Crippen molar-refractivity contribution in [2.75, 3.05) is 11.9 Å². The quantitative estimate of drug-likeness (QED) is 0.764. The molecule has 1 rings (SSSR count). The first kappa shape index (κ1) is 18.3. The van der Waals surface area contributed by atoms with Crippen molar-refractivity contribution < 1.29 is 14.3 Å². The van der Waals surface area contributed by atoms with Gasteiger partial charge in [0, 0.05) is 18.6 Å². The Morgan fingerprint density at radius 1 is 1.33 bits per heavy atom. The third-order valence-corrected chi connectivity index (χ3v) is 4.02. The Kier molecular flexibility index (Phi) is 6.97. The number of ether oxygens (including phenoxy) is 1. The van der Waals surface area contributed by atoms with Crippen LogP contribution in [0.25, 0.3) is 0 Å². The van der Waals surface area contributed by atoms with E-state index in [-0.39, 0.29) is 11.9 Å². The Morgan fingerprint density at radius 3 is 2.38 bits per heavy atom. The van der Waals surface area contributed by atoms with Crippen molar-refractivity contribution >= 4 is 27.9 Å². The summed E-state index contributed by atoms with van der Waals surface area (Å²) in [4.78, 5) is 25.8. The highest BCUT2D eigenvalue weighted by Gasteiger charge is 2.30. The normalized spacial score (nSPS) is 17.4. The zero-order valence-electron chi connectivity index (χ0n) is 13.4. The lowest BCUT2D eigenvalue weighted by Crippen LogP contribution is -2.50. The van der Waals surface area contributed by atoms with Gasteiger partial charge in [-0.1, -0.05) is 28.8 Å². The summed E-state index contributed by atoms with van der Waals surface area (Å²) in [5.41, 5.74) is -0.510. The molecule has 0 aromatic heterocycles. The molecule has 0 saturated heterocycles. The van der Waals surface area contributed by atoms with Gasteiger partial charge in [0.05, 0.1) is 5.33 Å². The summed E-state index contributed by atoms with van der Waals surface area (Å²) < 4.78 is 5.22. The summed E-state index contributed by atoms with van der Waals surface area (Å²) in [5, 5.41) is 3.07. The SMILES string of the molecule is C[C@H](CNC(=O)OC(C)(C)C)N(C(=O)CBr)C1CCCC1. The molecular weight excluding hydrogens is 336 g/mol. The van der Waals surface area contributed by atoms with Gasteiger partial charge in [-0.05, 0) is 40.5 Å². The lowest BCUT2D eigenvalue weighted by atomic mass is 10.1. The lowest BCUT2D eigenvalue weighted by molar-refractivity contribution is -0.132. The van der Waals surface area contributed by atoms with Crippen LogP contribution in [0.4, 0.5) is 4.79 Å². The average molecular weight is 363 g/mol. The molecule has 1 aliphatic carbocycles. The molecule has 0 aromatic carbocycles. The van der Waals surface area contributed by atoms with Crippen LogP contribution in [-0.2, 0) is 9.53 Å². The smallest absolute Gasteiger partial charge is 0.407 e. The molecule has 0 heterocycles. The fourth-order valence-corrected chi connectivity index (χ4v) is 2.99. The molecule has 6 heteroatoms. The number of carbonyl (C=O) groups excluding carboxylic acids is 2.